The predicted molar refractivity (Wildman–Crippen MR) is 29.4 cm³/mol. The van der Waals surface area contributed by atoms with Crippen molar-refractivity contribution in [3.05, 3.63) is 0 Å². The minimum Gasteiger partial charge on any atom is -0.441 e. The number of alkyl halides is 3. The van der Waals surface area contributed by atoms with Crippen LogP contribution in [0.15, 0.2) is 0 Å². The lowest BCUT2D eigenvalue weighted by molar-refractivity contribution is -0.279. The van der Waals surface area contributed by atoms with Gasteiger partial charge in [-0.05, 0) is 19.3 Å². The molecule has 1 aliphatic carbocycles. The van der Waals surface area contributed by atoms with Gasteiger partial charge in [0.1, 0.15) is 0 Å². The standard InChI is InChI=1S/C6H6F3O2/c7-6(8,9)5(11-4-10)2-1-3-5/h1-3H2. The van der Waals surface area contributed by atoms with Gasteiger partial charge in [0.25, 0.3) is 0 Å². The van der Waals surface area contributed by atoms with E-state index in [1.165, 1.54) is 0 Å². The van der Waals surface area contributed by atoms with Crippen LogP contribution in [0, 0.1) is 0 Å². The molecular formula is C6H6F3O2. The highest BCUT2D eigenvalue weighted by Gasteiger charge is 2.61. The van der Waals surface area contributed by atoms with Crippen LogP contribution < -0.4 is 0 Å². The van der Waals surface area contributed by atoms with Gasteiger partial charge in [-0.1, -0.05) is 0 Å². The lowest BCUT2D eigenvalue weighted by Gasteiger charge is -2.40. The van der Waals surface area contributed by atoms with Gasteiger partial charge in [0.05, 0.1) is 0 Å². The fourth-order valence-electron chi connectivity index (χ4n) is 1.02. The SMILES string of the molecule is O=[C]OC1(C(F)(F)F)CCC1. The first-order chi connectivity index (χ1) is 5.02. The van der Waals surface area contributed by atoms with Crippen molar-refractivity contribution in [3.63, 3.8) is 0 Å². The van der Waals surface area contributed by atoms with Crippen LogP contribution in [0.3, 0.4) is 0 Å². The van der Waals surface area contributed by atoms with E-state index >= 15 is 0 Å². The van der Waals surface area contributed by atoms with Gasteiger partial charge in [-0.3, -0.25) is 0 Å². The van der Waals surface area contributed by atoms with Crippen LogP contribution in [0.5, 0.6) is 0 Å². The van der Waals surface area contributed by atoms with E-state index in [4.69, 9.17) is 0 Å². The Bertz CT molecular complexity index is 160. The van der Waals surface area contributed by atoms with E-state index in [9.17, 15) is 18.0 Å². The van der Waals surface area contributed by atoms with Crippen LogP contribution >= 0.6 is 0 Å². The summed E-state index contributed by atoms with van der Waals surface area (Å²) < 4.78 is 40.0. The molecular weight excluding hydrogens is 161 g/mol. The third-order valence-electron chi connectivity index (χ3n) is 1.91. The van der Waals surface area contributed by atoms with Crippen molar-refractivity contribution in [1.29, 1.82) is 0 Å². The van der Waals surface area contributed by atoms with E-state index < -0.39 is 11.8 Å². The summed E-state index contributed by atoms with van der Waals surface area (Å²) in [6.45, 7) is 0.847. The molecule has 0 N–H and O–H groups in total. The predicted octanol–water partition coefficient (Wildman–Crippen LogP) is 1.56. The number of carbonyl (C=O) groups excluding carboxylic acids is 1. The largest absolute Gasteiger partial charge is 0.441 e. The quantitative estimate of drug-likeness (QED) is 0.623. The molecule has 0 bridgehead atoms. The average molecular weight is 167 g/mol. The van der Waals surface area contributed by atoms with Gasteiger partial charge in [0.15, 0.2) is 0 Å². The molecule has 0 unspecified atom stereocenters. The van der Waals surface area contributed by atoms with Gasteiger partial charge in [-0.25, -0.2) is 4.79 Å². The molecule has 63 valence electrons. The van der Waals surface area contributed by atoms with E-state index in [1.54, 1.807) is 0 Å². The third-order valence-corrected chi connectivity index (χ3v) is 1.91. The van der Waals surface area contributed by atoms with Gasteiger partial charge in [-0.2, -0.15) is 13.2 Å². The molecule has 1 aliphatic rings. The molecule has 0 spiro atoms. The van der Waals surface area contributed by atoms with Crippen molar-refractivity contribution < 1.29 is 22.7 Å². The fourth-order valence-corrected chi connectivity index (χ4v) is 1.02. The zero-order valence-corrected chi connectivity index (χ0v) is 5.57. The second-order valence-electron chi connectivity index (χ2n) is 2.53. The first kappa shape index (κ1) is 8.36. The zero-order valence-electron chi connectivity index (χ0n) is 5.57. The Balaban J connectivity index is 2.67. The van der Waals surface area contributed by atoms with E-state index in [0.29, 0.717) is 6.42 Å². The molecule has 1 radical (unpaired) electrons. The normalized spacial score (nSPS) is 22.1. The van der Waals surface area contributed by atoms with Crippen LogP contribution in [-0.4, -0.2) is 18.2 Å². The second kappa shape index (κ2) is 2.39. The van der Waals surface area contributed by atoms with E-state index in [-0.39, 0.29) is 12.8 Å². The summed E-state index contributed by atoms with van der Waals surface area (Å²) in [6.07, 6.45) is -4.26. The Labute approximate surface area is 61.3 Å². The summed E-state index contributed by atoms with van der Waals surface area (Å²) in [6, 6.07) is 0. The van der Waals surface area contributed by atoms with Gasteiger partial charge in [0.2, 0.25) is 5.60 Å². The van der Waals surface area contributed by atoms with E-state index in [1.807, 2.05) is 0 Å². The van der Waals surface area contributed by atoms with Crippen LogP contribution in [0.2, 0.25) is 0 Å². The first-order valence-electron chi connectivity index (χ1n) is 3.14. The van der Waals surface area contributed by atoms with Gasteiger partial charge in [0, 0.05) is 0 Å². The van der Waals surface area contributed by atoms with E-state index in [2.05, 4.69) is 4.74 Å². The maximum absolute atomic E-state index is 12.0. The molecule has 2 nitrogen and oxygen atoms in total. The molecule has 0 aromatic carbocycles. The summed E-state index contributed by atoms with van der Waals surface area (Å²) in [5.41, 5.74) is -2.21. The smallest absolute Gasteiger partial charge is 0.428 e. The summed E-state index contributed by atoms with van der Waals surface area (Å²) in [7, 11) is 0. The Morgan fingerprint density at radius 2 is 1.91 bits per heavy atom. The minimum absolute atomic E-state index is 0.133. The van der Waals surface area contributed by atoms with Gasteiger partial charge >= 0.3 is 12.6 Å². The summed E-state index contributed by atoms with van der Waals surface area (Å²) >= 11 is 0. The number of halogens is 3. The third kappa shape index (κ3) is 1.19. The molecule has 0 saturated heterocycles. The van der Waals surface area contributed by atoms with Gasteiger partial charge < -0.3 is 4.74 Å². The molecule has 0 aromatic heterocycles. The van der Waals surface area contributed by atoms with Crippen LogP contribution in [0.25, 0.3) is 0 Å². The lowest BCUT2D eigenvalue weighted by Crippen LogP contribution is -2.52. The van der Waals surface area contributed by atoms with Crippen molar-refractivity contribution in [2.45, 2.75) is 31.0 Å². The number of rotatable bonds is 2. The van der Waals surface area contributed by atoms with Crippen molar-refractivity contribution >= 4 is 6.47 Å². The van der Waals surface area contributed by atoms with Gasteiger partial charge in [-0.15, -0.1) is 0 Å². The molecule has 11 heavy (non-hydrogen) atoms. The average Bonchev–Trinajstić information content (AvgIpc) is 1.75. The monoisotopic (exact) mass is 167 g/mol. The Morgan fingerprint density at radius 1 is 1.36 bits per heavy atom. The number of ether oxygens (including phenoxy) is 1. The summed E-state index contributed by atoms with van der Waals surface area (Å²) in [5, 5.41) is 0. The maximum atomic E-state index is 12.0. The minimum atomic E-state index is -4.44. The zero-order chi connectivity index (χ0) is 8.54. The van der Waals surface area contributed by atoms with Crippen LogP contribution in [0.1, 0.15) is 19.3 Å². The molecule has 1 rings (SSSR count). The Morgan fingerprint density at radius 3 is 2.00 bits per heavy atom. The second-order valence-corrected chi connectivity index (χ2v) is 2.53. The van der Waals surface area contributed by atoms with Crippen molar-refractivity contribution in [3.8, 4) is 0 Å². The number of hydrogen-bond acceptors (Lipinski definition) is 2. The highest BCUT2D eigenvalue weighted by Crippen LogP contribution is 2.47. The van der Waals surface area contributed by atoms with E-state index in [0.717, 1.165) is 6.47 Å². The summed E-state index contributed by atoms with van der Waals surface area (Å²) in [4.78, 5) is 9.61. The molecule has 0 aliphatic heterocycles. The summed E-state index contributed by atoms with van der Waals surface area (Å²) in [5.74, 6) is 0. The lowest BCUT2D eigenvalue weighted by atomic mass is 9.79. The topological polar surface area (TPSA) is 26.3 Å². The molecule has 0 amide bonds. The molecule has 0 atom stereocenters. The molecule has 5 heteroatoms. The van der Waals surface area contributed by atoms with Crippen LogP contribution in [0.4, 0.5) is 13.2 Å². The highest BCUT2D eigenvalue weighted by molar-refractivity contribution is 5.40. The first-order valence-corrected chi connectivity index (χ1v) is 3.14. The van der Waals surface area contributed by atoms with Crippen molar-refractivity contribution in [2.75, 3.05) is 0 Å². The molecule has 0 heterocycles. The van der Waals surface area contributed by atoms with Crippen LogP contribution in [-0.2, 0) is 9.53 Å². The Hall–Kier alpha value is -0.740. The Kier molecular flexibility index (Phi) is 1.82. The molecule has 1 fully saturated rings. The highest BCUT2D eigenvalue weighted by atomic mass is 19.4. The molecule has 0 aromatic rings. The van der Waals surface area contributed by atoms with Crippen molar-refractivity contribution in [1.82, 2.24) is 0 Å². The van der Waals surface area contributed by atoms with Crippen molar-refractivity contribution in [2.24, 2.45) is 0 Å². The molecule has 1 saturated carbocycles. The fraction of sp³-hybridized carbons (Fsp3) is 0.833. The maximum Gasteiger partial charge on any atom is 0.428 e. The number of hydrogen-bond donors (Lipinski definition) is 0.